The summed E-state index contributed by atoms with van der Waals surface area (Å²) in [4.78, 5) is 14.7. The quantitative estimate of drug-likeness (QED) is 0.178. The largest absolute Gasteiger partial charge is 0.457 e. The summed E-state index contributed by atoms with van der Waals surface area (Å²) in [6.45, 7) is 4.37. The van der Waals surface area contributed by atoms with E-state index >= 15 is 0 Å². The summed E-state index contributed by atoms with van der Waals surface area (Å²) in [6, 6.07) is 44.6. The summed E-state index contributed by atoms with van der Waals surface area (Å²) >= 11 is 0. The number of ether oxygens (including phenoxy) is 1. The van der Waals surface area contributed by atoms with E-state index in [0.717, 1.165) is 82.8 Å². The van der Waals surface area contributed by atoms with E-state index in [4.69, 9.17) is 14.7 Å². The molecule has 240 valence electrons. The summed E-state index contributed by atoms with van der Waals surface area (Å²) in [6.07, 6.45) is 3.78. The highest BCUT2D eigenvalue weighted by Gasteiger charge is 2.18. The zero-order chi connectivity index (χ0) is 33.8. The number of pyridine rings is 3. The highest BCUT2D eigenvalue weighted by atomic mass is 16.5. The van der Waals surface area contributed by atoms with Gasteiger partial charge in [-0.05, 0) is 120 Å². The molecule has 0 aliphatic rings. The van der Waals surface area contributed by atoms with Crippen LogP contribution >= 0.6 is 0 Å². The van der Waals surface area contributed by atoms with Crippen LogP contribution in [0.25, 0.3) is 87.8 Å². The van der Waals surface area contributed by atoms with Crippen LogP contribution < -0.4 is 4.74 Å². The summed E-state index contributed by atoms with van der Waals surface area (Å²) in [5.41, 5.74) is 13.1. The number of imidazole rings is 2. The summed E-state index contributed by atoms with van der Waals surface area (Å²) < 4.78 is 11.2. The van der Waals surface area contributed by atoms with Gasteiger partial charge in [0.1, 0.15) is 22.8 Å². The van der Waals surface area contributed by atoms with E-state index in [2.05, 4.69) is 143 Å². The SMILES string of the molecule is Cc1cccc(C)c1-c1ccc2c3ccc(Oc4ccc5c6cnccc6n6c7ccccc7nc6c5c4)cc3c3nc4ccccc4n3c2c1. The maximum absolute atomic E-state index is 6.68. The van der Waals surface area contributed by atoms with Gasteiger partial charge in [0.05, 0.1) is 33.1 Å². The van der Waals surface area contributed by atoms with Gasteiger partial charge >= 0.3 is 0 Å². The number of hydrogen-bond donors (Lipinski definition) is 0. The Morgan fingerprint density at radius 1 is 0.471 bits per heavy atom. The van der Waals surface area contributed by atoms with Crippen molar-refractivity contribution in [3.63, 3.8) is 0 Å². The Bertz CT molecular complexity index is 3240. The maximum atomic E-state index is 6.68. The lowest BCUT2D eigenvalue weighted by Gasteiger charge is -2.15. The number of rotatable bonds is 3. The lowest BCUT2D eigenvalue weighted by molar-refractivity contribution is 0.484. The smallest absolute Gasteiger partial charge is 0.146 e. The Morgan fingerprint density at radius 2 is 1.06 bits per heavy atom. The minimum Gasteiger partial charge on any atom is -0.457 e. The second-order valence-electron chi connectivity index (χ2n) is 13.4. The Kier molecular flexibility index (Phi) is 5.71. The first-order valence-corrected chi connectivity index (χ1v) is 17.2. The topological polar surface area (TPSA) is 56.7 Å². The minimum absolute atomic E-state index is 0.739. The van der Waals surface area contributed by atoms with E-state index in [1.165, 1.54) is 27.6 Å². The molecule has 0 saturated carbocycles. The van der Waals surface area contributed by atoms with Gasteiger partial charge in [-0.15, -0.1) is 0 Å². The van der Waals surface area contributed by atoms with Crippen molar-refractivity contribution in [3.05, 3.63) is 151 Å². The van der Waals surface area contributed by atoms with Gasteiger partial charge in [-0.1, -0.05) is 54.6 Å². The Balaban J connectivity index is 1.12. The number of aryl methyl sites for hydroxylation is 2. The van der Waals surface area contributed by atoms with Crippen LogP contribution in [0.15, 0.2) is 140 Å². The van der Waals surface area contributed by atoms with Gasteiger partial charge in [0.25, 0.3) is 0 Å². The summed E-state index contributed by atoms with van der Waals surface area (Å²) in [5, 5.41) is 6.51. The van der Waals surface area contributed by atoms with Crippen molar-refractivity contribution in [2.45, 2.75) is 13.8 Å². The van der Waals surface area contributed by atoms with Crippen LogP contribution in [0.3, 0.4) is 0 Å². The molecule has 0 N–H and O–H groups in total. The van der Waals surface area contributed by atoms with Crippen LogP contribution in [0.2, 0.25) is 0 Å². The first kappa shape index (κ1) is 28.1. The number of fused-ring (bicyclic) bond motifs is 16. The van der Waals surface area contributed by atoms with Crippen molar-refractivity contribution in [1.82, 2.24) is 23.8 Å². The molecule has 0 amide bonds. The number of benzene rings is 6. The van der Waals surface area contributed by atoms with E-state index in [-0.39, 0.29) is 0 Å². The molecule has 6 aromatic carbocycles. The van der Waals surface area contributed by atoms with Crippen molar-refractivity contribution in [3.8, 4) is 22.6 Å². The highest BCUT2D eigenvalue weighted by Crippen LogP contribution is 2.39. The van der Waals surface area contributed by atoms with E-state index in [1.807, 2.05) is 24.5 Å². The monoisotopic (exact) mass is 655 g/mol. The van der Waals surface area contributed by atoms with E-state index < -0.39 is 0 Å². The third-order valence-electron chi connectivity index (χ3n) is 10.4. The van der Waals surface area contributed by atoms with Crippen molar-refractivity contribution < 1.29 is 4.74 Å². The lowest BCUT2D eigenvalue weighted by atomic mass is 9.94. The Hall–Kier alpha value is -6.79. The molecular weight excluding hydrogens is 627 g/mol. The molecule has 0 fully saturated rings. The Labute approximate surface area is 291 Å². The van der Waals surface area contributed by atoms with E-state index in [0.29, 0.717) is 0 Å². The lowest BCUT2D eigenvalue weighted by Crippen LogP contribution is -1.95. The van der Waals surface area contributed by atoms with Crippen molar-refractivity contribution in [2.75, 3.05) is 0 Å². The number of aromatic nitrogens is 5. The van der Waals surface area contributed by atoms with Gasteiger partial charge in [0.2, 0.25) is 0 Å². The Morgan fingerprint density at radius 3 is 1.73 bits per heavy atom. The van der Waals surface area contributed by atoms with Crippen LogP contribution in [0, 0.1) is 13.8 Å². The fraction of sp³-hybridized carbons (Fsp3) is 0.0444. The third kappa shape index (κ3) is 4.01. The fourth-order valence-corrected chi connectivity index (χ4v) is 8.21. The average molecular weight is 656 g/mol. The van der Waals surface area contributed by atoms with Crippen molar-refractivity contribution >= 4 is 76.7 Å². The molecule has 6 nitrogen and oxygen atoms in total. The van der Waals surface area contributed by atoms with Crippen LogP contribution in [0.5, 0.6) is 11.5 Å². The summed E-state index contributed by atoms with van der Waals surface area (Å²) in [5.74, 6) is 1.48. The number of nitrogens with zero attached hydrogens (tertiary/aromatic N) is 5. The zero-order valence-electron chi connectivity index (χ0n) is 27.9. The molecule has 0 radical (unpaired) electrons. The molecule has 0 bridgehead atoms. The maximum Gasteiger partial charge on any atom is 0.146 e. The predicted octanol–water partition coefficient (Wildman–Crippen LogP) is 11.4. The molecule has 0 aliphatic heterocycles. The third-order valence-corrected chi connectivity index (χ3v) is 10.4. The molecule has 5 aromatic heterocycles. The normalized spacial score (nSPS) is 12.1. The van der Waals surface area contributed by atoms with Crippen LogP contribution in [-0.2, 0) is 0 Å². The molecular formula is C45H29N5O. The number of para-hydroxylation sites is 4. The van der Waals surface area contributed by atoms with Gasteiger partial charge in [-0.2, -0.15) is 0 Å². The molecule has 11 aromatic rings. The molecule has 11 rings (SSSR count). The average Bonchev–Trinajstić information content (AvgIpc) is 3.75. The molecule has 0 unspecified atom stereocenters. The first-order valence-electron chi connectivity index (χ1n) is 17.2. The minimum atomic E-state index is 0.739. The second kappa shape index (κ2) is 10.4. The van der Waals surface area contributed by atoms with E-state index in [1.54, 1.807) is 0 Å². The number of hydrogen-bond acceptors (Lipinski definition) is 4. The van der Waals surface area contributed by atoms with Crippen LogP contribution in [0.1, 0.15) is 11.1 Å². The van der Waals surface area contributed by atoms with Gasteiger partial charge in [0.15, 0.2) is 0 Å². The van der Waals surface area contributed by atoms with Crippen LogP contribution in [0.4, 0.5) is 0 Å². The first-order chi connectivity index (χ1) is 25.1. The molecule has 6 heteroatoms. The van der Waals surface area contributed by atoms with Gasteiger partial charge < -0.3 is 4.74 Å². The highest BCUT2D eigenvalue weighted by molar-refractivity contribution is 6.15. The molecule has 0 spiro atoms. The molecule has 51 heavy (non-hydrogen) atoms. The molecule has 0 aliphatic carbocycles. The van der Waals surface area contributed by atoms with Gasteiger partial charge in [-0.3, -0.25) is 13.8 Å². The van der Waals surface area contributed by atoms with Crippen molar-refractivity contribution in [1.29, 1.82) is 0 Å². The second-order valence-corrected chi connectivity index (χ2v) is 13.4. The molecule has 5 heterocycles. The molecule has 0 atom stereocenters. The summed E-state index contributed by atoms with van der Waals surface area (Å²) in [7, 11) is 0. The van der Waals surface area contributed by atoms with Gasteiger partial charge in [-0.25, -0.2) is 9.97 Å². The van der Waals surface area contributed by atoms with E-state index in [9.17, 15) is 0 Å². The standard InChI is InChI=1S/C45H29N5O/c1-26-8-7-9-27(2)43(26)28-14-17-33-31-18-15-29(23-34(31)45-48-38-11-4-6-13-41(38)50(45)42(33)22-28)51-30-16-19-32-35(24-30)44-47-37-10-3-5-12-40(37)49(44)39-20-21-46-25-36(32)39/h3-25H,1-2H3. The predicted molar refractivity (Wildman–Crippen MR) is 208 cm³/mol. The fourth-order valence-electron chi connectivity index (χ4n) is 8.21. The van der Waals surface area contributed by atoms with Gasteiger partial charge in [0, 0.05) is 33.9 Å². The van der Waals surface area contributed by atoms with Crippen LogP contribution in [-0.4, -0.2) is 23.8 Å². The molecule has 0 saturated heterocycles. The zero-order valence-corrected chi connectivity index (χ0v) is 27.9. The van der Waals surface area contributed by atoms with Crippen molar-refractivity contribution in [2.24, 2.45) is 0 Å².